The van der Waals surface area contributed by atoms with Crippen molar-refractivity contribution < 1.29 is 0 Å². The highest BCUT2D eigenvalue weighted by molar-refractivity contribution is 5.65. The van der Waals surface area contributed by atoms with Gasteiger partial charge in [-0.05, 0) is 25.1 Å². The summed E-state index contributed by atoms with van der Waals surface area (Å²) in [5.41, 5.74) is 2.00. The molecular weight excluding hydrogens is 290 g/mol. The molecular formula is C16H13N7. The second-order valence-electron chi connectivity index (χ2n) is 4.74. The van der Waals surface area contributed by atoms with Crippen LogP contribution in [0.3, 0.4) is 0 Å². The van der Waals surface area contributed by atoms with Gasteiger partial charge in [0.1, 0.15) is 29.9 Å². The van der Waals surface area contributed by atoms with Gasteiger partial charge in [0, 0.05) is 24.2 Å². The second kappa shape index (κ2) is 6.49. The van der Waals surface area contributed by atoms with E-state index in [1.165, 1.54) is 12.5 Å². The van der Waals surface area contributed by atoms with Crippen LogP contribution in [0.5, 0.6) is 0 Å². The number of rotatable bonds is 4. The van der Waals surface area contributed by atoms with Gasteiger partial charge in [0.05, 0.1) is 11.3 Å². The highest BCUT2D eigenvalue weighted by atomic mass is 15.1. The molecule has 0 unspecified atom stereocenters. The highest BCUT2D eigenvalue weighted by Gasteiger charge is 2.05. The summed E-state index contributed by atoms with van der Waals surface area (Å²) >= 11 is 0. The second-order valence-corrected chi connectivity index (χ2v) is 4.74. The molecule has 3 aromatic heterocycles. The number of pyridine rings is 2. The van der Waals surface area contributed by atoms with Crippen LogP contribution in [0.4, 0.5) is 23.1 Å². The molecule has 23 heavy (non-hydrogen) atoms. The first-order valence-electron chi connectivity index (χ1n) is 6.88. The van der Waals surface area contributed by atoms with Crippen molar-refractivity contribution in [3.8, 4) is 6.07 Å². The molecule has 0 aliphatic carbocycles. The lowest BCUT2D eigenvalue weighted by molar-refractivity contribution is 1.14. The third-order valence-electron chi connectivity index (χ3n) is 3.02. The lowest BCUT2D eigenvalue weighted by Crippen LogP contribution is -2.01. The molecule has 0 fully saturated rings. The van der Waals surface area contributed by atoms with Crippen LogP contribution in [-0.2, 0) is 0 Å². The van der Waals surface area contributed by atoms with E-state index in [9.17, 15) is 0 Å². The minimum Gasteiger partial charge on any atom is -0.339 e. The van der Waals surface area contributed by atoms with E-state index in [0.717, 1.165) is 5.69 Å². The van der Waals surface area contributed by atoms with Gasteiger partial charge in [-0.25, -0.2) is 15.0 Å². The van der Waals surface area contributed by atoms with Gasteiger partial charge in [-0.3, -0.25) is 4.98 Å². The zero-order valence-electron chi connectivity index (χ0n) is 12.4. The summed E-state index contributed by atoms with van der Waals surface area (Å²) in [6.45, 7) is 1.92. The maximum absolute atomic E-state index is 9.09. The monoisotopic (exact) mass is 303 g/mol. The third-order valence-corrected chi connectivity index (χ3v) is 3.02. The third kappa shape index (κ3) is 3.57. The summed E-state index contributed by atoms with van der Waals surface area (Å²) in [6, 6.07) is 11.2. The molecule has 0 aliphatic rings. The molecule has 0 spiro atoms. The number of nitrogens with zero attached hydrogens (tertiary/aromatic N) is 5. The number of nitriles is 1. The van der Waals surface area contributed by atoms with E-state index in [4.69, 9.17) is 5.26 Å². The average molecular weight is 303 g/mol. The predicted molar refractivity (Wildman–Crippen MR) is 86.5 cm³/mol. The summed E-state index contributed by atoms with van der Waals surface area (Å²) in [5, 5.41) is 15.3. The van der Waals surface area contributed by atoms with Gasteiger partial charge in [-0.1, -0.05) is 6.07 Å². The Morgan fingerprint density at radius 2 is 1.87 bits per heavy atom. The number of aryl methyl sites for hydroxylation is 1. The molecule has 0 radical (unpaired) electrons. The normalized spacial score (nSPS) is 9.91. The fourth-order valence-electron chi connectivity index (χ4n) is 1.97. The molecule has 0 aliphatic heterocycles. The molecule has 0 amide bonds. The largest absolute Gasteiger partial charge is 0.339 e. The summed E-state index contributed by atoms with van der Waals surface area (Å²) in [7, 11) is 0. The van der Waals surface area contributed by atoms with Gasteiger partial charge in [-0.15, -0.1) is 0 Å². The Morgan fingerprint density at radius 3 is 2.65 bits per heavy atom. The summed E-state index contributed by atoms with van der Waals surface area (Å²) < 4.78 is 0. The number of anilines is 4. The molecule has 0 bridgehead atoms. The Bertz CT molecular complexity index is 870. The van der Waals surface area contributed by atoms with Crippen LogP contribution in [0.15, 0.2) is 49.1 Å². The first-order valence-corrected chi connectivity index (χ1v) is 6.88. The molecule has 0 atom stereocenters. The van der Waals surface area contributed by atoms with Gasteiger partial charge in [0.2, 0.25) is 0 Å². The molecule has 3 heterocycles. The van der Waals surface area contributed by atoms with E-state index in [2.05, 4.69) is 36.6 Å². The van der Waals surface area contributed by atoms with E-state index in [0.29, 0.717) is 28.7 Å². The average Bonchev–Trinajstić information content (AvgIpc) is 2.56. The van der Waals surface area contributed by atoms with E-state index in [1.807, 2.05) is 25.1 Å². The van der Waals surface area contributed by atoms with Crippen molar-refractivity contribution in [3.63, 3.8) is 0 Å². The van der Waals surface area contributed by atoms with Crippen LogP contribution in [0.25, 0.3) is 0 Å². The Balaban J connectivity index is 1.81. The maximum Gasteiger partial charge on any atom is 0.137 e. The fraction of sp³-hybridized carbons (Fsp3) is 0.0625. The van der Waals surface area contributed by atoms with Crippen molar-refractivity contribution in [3.05, 3.63) is 60.3 Å². The van der Waals surface area contributed by atoms with Crippen LogP contribution in [0.1, 0.15) is 11.3 Å². The van der Waals surface area contributed by atoms with Crippen LogP contribution < -0.4 is 10.6 Å². The highest BCUT2D eigenvalue weighted by Crippen LogP contribution is 2.20. The van der Waals surface area contributed by atoms with Crippen LogP contribution in [0, 0.1) is 18.3 Å². The Kier molecular flexibility index (Phi) is 4.07. The molecule has 3 aromatic rings. The van der Waals surface area contributed by atoms with Gasteiger partial charge in [0.25, 0.3) is 0 Å². The van der Waals surface area contributed by atoms with E-state index < -0.39 is 0 Å². The topological polar surface area (TPSA) is 99.4 Å². The van der Waals surface area contributed by atoms with E-state index >= 15 is 0 Å². The van der Waals surface area contributed by atoms with Gasteiger partial charge >= 0.3 is 0 Å². The summed E-state index contributed by atoms with van der Waals surface area (Å²) in [6.07, 6.45) is 4.55. The predicted octanol–water partition coefficient (Wildman–Crippen LogP) is 2.93. The molecule has 0 saturated heterocycles. The molecule has 0 saturated carbocycles. The molecule has 2 N–H and O–H groups in total. The Labute approximate surface area is 133 Å². The summed E-state index contributed by atoms with van der Waals surface area (Å²) in [5.74, 6) is 1.88. The van der Waals surface area contributed by atoms with Crippen molar-refractivity contribution in [2.24, 2.45) is 0 Å². The van der Waals surface area contributed by atoms with E-state index in [-0.39, 0.29) is 0 Å². The molecule has 112 valence electrons. The quantitative estimate of drug-likeness (QED) is 0.764. The van der Waals surface area contributed by atoms with Crippen molar-refractivity contribution in [2.45, 2.75) is 6.92 Å². The minimum absolute atomic E-state index is 0.445. The Hall–Kier alpha value is -3.53. The standard InChI is InChI=1S/C16H13N7/c1-11-3-2-4-14(21-11)23-16-7-15(19-10-20-16)22-13-5-6-18-9-12(13)8-17/h2-7,9-10H,1H3,(H2,18,19,20,21,22,23). The molecule has 7 heteroatoms. The summed E-state index contributed by atoms with van der Waals surface area (Å²) in [4.78, 5) is 16.6. The maximum atomic E-state index is 9.09. The van der Waals surface area contributed by atoms with Gasteiger partial charge in [0.15, 0.2) is 0 Å². The minimum atomic E-state index is 0.445. The first-order chi connectivity index (χ1) is 11.2. The van der Waals surface area contributed by atoms with Crippen LogP contribution in [-0.4, -0.2) is 19.9 Å². The van der Waals surface area contributed by atoms with Gasteiger partial charge < -0.3 is 10.6 Å². The number of aromatic nitrogens is 4. The van der Waals surface area contributed by atoms with Crippen LogP contribution >= 0.6 is 0 Å². The van der Waals surface area contributed by atoms with Crippen molar-refractivity contribution >= 4 is 23.1 Å². The molecule has 0 aromatic carbocycles. The zero-order valence-corrected chi connectivity index (χ0v) is 12.4. The SMILES string of the molecule is Cc1cccc(Nc2cc(Nc3ccncc3C#N)ncn2)n1. The zero-order chi connectivity index (χ0) is 16.1. The van der Waals surface area contributed by atoms with Crippen molar-refractivity contribution in [1.29, 1.82) is 5.26 Å². The lowest BCUT2D eigenvalue weighted by atomic mass is 10.2. The fourth-order valence-corrected chi connectivity index (χ4v) is 1.97. The van der Waals surface area contributed by atoms with Gasteiger partial charge in [-0.2, -0.15) is 5.26 Å². The Morgan fingerprint density at radius 1 is 1.04 bits per heavy atom. The molecule has 7 nitrogen and oxygen atoms in total. The van der Waals surface area contributed by atoms with Crippen LogP contribution in [0.2, 0.25) is 0 Å². The number of hydrogen-bond donors (Lipinski definition) is 2. The lowest BCUT2D eigenvalue weighted by Gasteiger charge is -2.09. The number of hydrogen-bond acceptors (Lipinski definition) is 7. The van der Waals surface area contributed by atoms with Crippen molar-refractivity contribution in [1.82, 2.24) is 19.9 Å². The smallest absolute Gasteiger partial charge is 0.137 e. The first kappa shape index (κ1) is 14.4. The number of nitrogens with one attached hydrogen (secondary N) is 2. The van der Waals surface area contributed by atoms with Crippen molar-refractivity contribution in [2.75, 3.05) is 10.6 Å². The van der Waals surface area contributed by atoms with E-state index in [1.54, 1.807) is 18.3 Å². The molecule has 3 rings (SSSR count).